The lowest BCUT2D eigenvalue weighted by atomic mass is 9.96. The van der Waals surface area contributed by atoms with Gasteiger partial charge in [0, 0.05) is 42.4 Å². The Kier molecular flexibility index (Phi) is 4.31. The number of fused-ring (bicyclic) bond motifs is 1. The number of carbonyl (C=O) groups excluding carboxylic acids is 1. The van der Waals surface area contributed by atoms with E-state index < -0.39 is 0 Å². The highest BCUT2D eigenvalue weighted by molar-refractivity contribution is 7.09. The SMILES string of the molecule is Cc1ncsc1CCC(=O)N1CCc2[nH]cnc2[C@H]1c1ccncc1. The van der Waals surface area contributed by atoms with Crippen LogP contribution >= 0.6 is 11.3 Å². The molecular formula is C18H19N5OS. The number of imidazole rings is 1. The molecule has 1 atom stereocenters. The molecule has 0 aliphatic carbocycles. The summed E-state index contributed by atoms with van der Waals surface area (Å²) in [4.78, 5) is 32.2. The van der Waals surface area contributed by atoms with Crippen molar-refractivity contribution >= 4 is 17.2 Å². The quantitative estimate of drug-likeness (QED) is 0.782. The zero-order chi connectivity index (χ0) is 17.2. The van der Waals surface area contributed by atoms with Crippen LogP contribution in [0, 0.1) is 6.92 Å². The Morgan fingerprint density at radius 1 is 1.36 bits per heavy atom. The Hall–Kier alpha value is -2.54. The molecule has 1 N–H and O–H groups in total. The van der Waals surface area contributed by atoms with Crippen LogP contribution in [0.4, 0.5) is 0 Å². The molecule has 7 heteroatoms. The summed E-state index contributed by atoms with van der Waals surface area (Å²) in [5, 5.41) is 0. The van der Waals surface area contributed by atoms with Crippen molar-refractivity contribution in [1.29, 1.82) is 0 Å². The van der Waals surface area contributed by atoms with Crippen LogP contribution in [0.15, 0.2) is 36.4 Å². The Bertz CT molecular complexity index is 872. The van der Waals surface area contributed by atoms with Gasteiger partial charge in [-0.15, -0.1) is 11.3 Å². The number of nitrogens with one attached hydrogen (secondary N) is 1. The van der Waals surface area contributed by atoms with Crippen molar-refractivity contribution < 1.29 is 4.79 Å². The van der Waals surface area contributed by atoms with Gasteiger partial charge in [-0.25, -0.2) is 9.97 Å². The van der Waals surface area contributed by atoms with E-state index in [9.17, 15) is 4.79 Å². The van der Waals surface area contributed by atoms with Crippen molar-refractivity contribution in [1.82, 2.24) is 24.8 Å². The predicted octanol–water partition coefficient (Wildman–Crippen LogP) is 2.68. The van der Waals surface area contributed by atoms with Crippen LogP contribution in [0.2, 0.25) is 0 Å². The fourth-order valence-electron chi connectivity index (χ4n) is 3.36. The third-order valence-electron chi connectivity index (χ3n) is 4.68. The van der Waals surface area contributed by atoms with Crippen molar-refractivity contribution in [3.63, 3.8) is 0 Å². The second-order valence-corrected chi connectivity index (χ2v) is 7.09. The van der Waals surface area contributed by atoms with Gasteiger partial charge < -0.3 is 9.88 Å². The van der Waals surface area contributed by atoms with Crippen LogP contribution in [-0.4, -0.2) is 37.3 Å². The number of aromatic nitrogens is 4. The van der Waals surface area contributed by atoms with Crippen LogP contribution in [0.5, 0.6) is 0 Å². The van der Waals surface area contributed by atoms with Crippen LogP contribution in [-0.2, 0) is 17.6 Å². The minimum atomic E-state index is -0.145. The molecular weight excluding hydrogens is 334 g/mol. The molecule has 1 aliphatic rings. The first-order chi connectivity index (χ1) is 12.2. The fraction of sp³-hybridized carbons (Fsp3) is 0.333. The summed E-state index contributed by atoms with van der Waals surface area (Å²) in [5.41, 5.74) is 5.97. The molecule has 1 aliphatic heterocycles. The standard InChI is InChI=1S/C18H19N5OS/c1-12-15(25-11-22-12)2-3-16(24)23-9-6-14-17(21-10-20-14)18(23)13-4-7-19-8-5-13/h4-5,7-8,10-11,18H,2-3,6,9H2,1H3,(H,20,21)/t18-/m1/s1. The maximum Gasteiger partial charge on any atom is 0.223 e. The molecule has 128 valence electrons. The third-order valence-corrected chi connectivity index (χ3v) is 5.67. The van der Waals surface area contributed by atoms with E-state index >= 15 is 0 Å². The van der Waals surface area contributed by atoms with Crippen LogP contribution in [0.3, 0.4) is 0 Å². The van der Waals surface area contributed by atoms with Gasteiger partial charge in [0.1, 0.15) is 6.04 Å². The van der Waals surface area contributed by atoms with Crippen LogP contribution in [0.25, 0.3) is 0 Å². The van der Waals surface area contributed by atoms with E-state index in [1.165, 1.54) is 4.88 Å². The number of rotatable bonds is 4. The molecule has 6 nitrogen and oxygen atoms in total. The number of hydrogen-bond donors (Lipinski definition) is 1. The Morgan fingerprint density at radius 2 is 2.20 bits per heavy atom. The maximum absolute atomic E-state index is 13.0. The van der Waals surface area contributed by atoms with E-state index in [-0.39, 0.29) is 11.9 Å². The van der Waals surface area contributed by atoms with Gasteiger partial charge in [0.2, 0.25) is 5.91 Å². The summed E-state index contributed by atoms with van der Waals surface area (Å²) in [6.45, 7) is 2.69. The van der Waals surface area contributed by atoms with Gasteiger partial charge in [0.05, 0.1) is 23.2 Å². The van der Waals surface area contributed by atoms with Crippen LogP contribution in [0.1, 0.15) is 40.0 Å². The Labute approximate surface area is 150 Å². The second-order valence-electron chi connectivity index (χ2n) is 6.15. The van der Waals surface area contributed by atoms with Gasteiger partial charge in [-0.3, -0.25) is 9.78 Å². The van der Waals surface area contributed by atoms with Gasteiger partial charge in [-0.2, -0.15) is 0 Å². The summed E-state index contributed by atoms with van der Waals surface area (Å²) in [6.07, 6.45) is 7.28. The first-order valence-electron chi connectivity index (χ1n) is 8.34. The number of pyridine rings is 1. The number of carbonyl (C=O) groups is 1. The zero-order valence-corrected chi connectivity index (χ0v) is 14.8. The number of nitrogens with zero attached hydrogens (tertiary/aromatic N) is 4. The van der Waals surface area contributed by atoms with Gasteiger partial charge in [-0.05, 0) is 31.0 Å². The monoisotopic (exact) mass is 353 g/mol. The normalized spacial score (nSPS) is 16.7. The second kappa shape index (κ2) is 6.76. The number of aryl methyl sites for hydroxylation is 2. The summed E-state index contributed by atoms with van der Waals surface area (Å²) >= 11 is 1.62. The lowest BCUT2D eigenvalue weighted by molar-refractivity contribution is -0.133. The van der Waals surface area contributed by atoms with E-state index in [1.807, 2.05) is 29.5 Å². The summed E-state index contributed by atoms with van der Waals surface area (Å²) < 4.78 is 0. The van der Waals surface area contributed by atoms with E-state index in [0.717, 1.165) is 35.5 Å². The average Bonchev–Trinajstić information content (AvgIpc) is 3.28. The first-order valence-corrected chi connectivity index (χ1v) is 9.22. The molecule has 3 aromatic heterocycles. The lowest BCUT2D eigenvalue weighted by Gasteiger charge is -2.35. The van der Waals surface area contributed by atoms with E-state index in [0.29, 0.717) is 13.0 Å². The molecule has 0 saturated heterocycles. The molecule has 0 saturated carbocycles. The maximum atomic E-state index is 13.0. The molecule has 4 rings (SSSR count). The Morgan fingerprint density at radius 3 is 2.96 bits per heavy atom. The van der Waals surface area contributed by atoms with E-state index in [1.54, 1.807) is 30.1 Å². The van der Waals surface area contributed by atoms with Gasteiger partial charge >= 0.3 is 0 Å². The fourth-order valence-corrected chi connectivity index (χ4v) is 4.14. The zero-order valence-electron chi connectivity index (χ0n) is 14.0. The number of hydrogen-bond acceptors (Lipinski definition) is 5. The highest BCUT2D eigenvalue weighted by atomic mass is 32.1. The number of amides is 1. The molecule has 0 aromatic carbocycles. The van der Waals surface area contributed by atoms with Gasteiger partial charge in [-0.1, -0.05) is 0 Å². The predicted molar refractivity (Wildman–Crippen MR) is 95.3 cm³/mol. The first kappa shape index (κ1) is 16.0. The van der Waals surface area contributed by atoms with E-state index in [2.05, 4.69) is 19.9 Å². The average molecular weight is 353 g/mol. The van der Waals surface area contributed by atoms with Crippen LogP contribution < -0.4 is 0 Å². The minimum Gasteiger partial charge on any atom is -0.348 e. The molecule has 0 bridgehead atoms. The molecule has 0 radical (unpaired) electrons. The summed E-state index contributed by atoms with van der Waals surface area (Å²) in [5.74, 6) is 0.156. The van der Waals surface area contributed by atoms with Crippen molar-refractivity contribution in [3.8, 4) is 0 Å². The molecule has 0 spiro atoms. The summed E-state index contributed by atoms with van der Waals surface area (Å²) in [7, 11) is 0. The molecule has 0 fully saturated rings. The summed E-state index contributed by atoms with van der Waals surface area (Å²) in [6, 6.07) is 3.78. The smallest absolute Gasteiger partial charge is 0.223 e. The largest absolute Gasteiger partial charge is 0.348 e. The third kappa shape index (κ3) is 3.07. The van der Waals surface area contributed by atoms with Crippen molar-refractivity contribution in [2.24, 2.45) is 0 Å². The molecule has 4 heterocycles. The van der Waals surface area contributed by atoms with Gasteiger partial charge in [0.25, 0.3) is 0 Å². The highest BCUT2D eigenvalue weighted by Crippen LogP contribution is 2.33. The molecule has 25 heavy (non-hydrogen) atoms. The molecule has 1 amide bonds. The molecule has 3 aromatic rings. The number of thiazole rings is 1. The molecule has 0 unspecified atom stereocenters. The number of H-pyrrole nitrogens is 1. The number of aromatic amines is 1. The lowest BCUT2D eigenvalue weighted by Crippen LogP contribution is -2.40. The Balaban J connectivity index is 1.59. The van der Waals surface area contributed by atoms with Crippen molar-refractivity contribution in [3.05, 3.63) is 63.9 Å². The topological polar surface area (TPSA) is 74.8 Å². The van der Waals surface area contributed by atoms with Crippen molar-refractivity contribution in [2.45, 2.75) is 32.2 Å². The minimum absolute atomic E-state index is 0.145. The van der Waals surface area contributed by atoms with Crippen molar-refractivity contribution in [2.75, 3.05) is 6.54 Å². The highest BCUT2D eigenvalue weighted by Gasteiger charge is 2.33. The van der Waals surface area contributed by atoms with E-state index in [4.69, 9.17) is 0 Å². The van der Waals surface area contributed by atoms with Gasteiger partial charge in [0.15, 0.2) is 0 Å².